The fourth-order valence-corrected chi connectivity index (χ4v) is 3.08. The summed E-state index contributed by atoms with van der Waals surface area (Å²) in [7, 11) is 0. The standard InChI is InChI=1S/C23H21N3O3/c24-22(27)21-14-17(16-10-12-25-13-11-16)15-26-23(21)29-20-8-6-19(7-9-20)28-18-4-2-1-3-5-18/h1-10,14-15,25H,11-13H2,(H2,24,27). The van der Waals surface area contributed by atoms with E-state index < -0.39 is 5.91 Å². The minimum Gasteiger partial charge on any atom is -0.457 e. The predicted octanol–water partition coefficient (Wildman–Crippen LogP) is 4.14. The number of nitrogens with two attached hydrogens (primary N) is 1. The van der Waals surface area contributed by atoms with E-state index in [-0.39, 0.29) is 11.4 Å². The monoisotopic (exact) mass is 387 g/mol. The summed E-state index contributed by atoms with van der Waals surface area (Å²) in [4.78, 5) is 16.3. The molecule has 0 spiro atoms. The van der Waals surface area contributed by atoms with Crippen LogP contribution >= 0.6 is 0 Å². The molecule has 146 valence electrons. The molecule has 6 heteroatoms. The number of rotatable bonds is 6. The summed E-state index contributed by atoms with van der Waals surface area (Å²) in [5.41, 5.74) is 7.86. The molecule has 3 aromatic rings. The summed E-state index contributed by atoms with van der Waals surface area (Å²) in [6, 6.07) is 18.4. The summed E-state index contributed by atoms with van der Waals surface area (Å²) in [6.45, 7) is 1.70. The van der Waals surface area contributed by atoms with E-state index >= 15 is 0 Å². The van der Waals surface area contributed by atoms with Crippen LogP contribution in [0, 0.1) is 0 Å². The molecule has 0 bridgehead atoms. The van der Waals surface area contributed by atoms with Crippen LogP contribution in [0.3, 0.4) is 0 Å². The summed E-state index contributed by atoms with van der Waals surface area (Å²) < 4.78 is 11.6. The average molecular weight is 387 g/mol. The van der Waals surface area contributed by atoms with Crippen LogP contribution in [0.25, 0.3) is 5.57 Å². The van der Waals surface area contributed by atoms with Crippen LogP contribution in [0.5, 0.6) is 23.1 Å². The van der Waals surface area contributed by atoms with Crippen molar-refractivity contribution in [2.45, 2.75) is 6.42 Å². The van der Waals surface area contributed by atoms with Gasteiger partial charge >= 0.3 is 0 Å². The molecule has 6 nitrogen and oxygen atoms in total. The Kier molecular flexibility index (Phi) is 5.54. The number of pyridine rings is 1. The third-order valence-corrected chi connectivity index (χ3v) is 4.57. The van der Waals surface area contributed by atoms with Gasteiger partial charge in [-0.25, -0.2) is 4.98 Å². The molecule has 0 atom stereocenters. The highest BCUT2D eigenvalue weighted by Crippen LogP contribution is 2.29. The van der Waals surface area contributed by atoms with Gasteiger partial charge in [-0.1, -0.05) is 24.3 Å². The van der Waals surface area contributed by atoms with Gasteiger partial charge in [-0.05, 0) is 66.6 Å². The van der Waals surface area contributed by atoms with Crippen LogP contribution < -0.4 is 20.5 Å². The maximum absolute atomic E-state index is 12.0. The Balaban J connectivity index is 1.52. The molecular formula is C23H21N3O3. The van der Waals surface area contributed by atoms with Crippen LogP contribution in [-0.2, 0) is 0 Å². The topological polar surface area (TPSA) is 86.5 Å². The minimum atomic E-state index is -0.576. The number of hydrogen-bond donors (Lipinski definition) is 2. The molecule has 0 aliphatic carbocycles. The van der Waals surface area contributed by atoms with Gasteiger partial charge in [0.05, 0.1) is 0 Å². The number of primary amides is 1. The van der Waals surface area contributed by atoms with Gasteiger partial charge in [0, 0.05) is 12.7 Å². The lowest BCUT2D eigenvalue weighted by Crippen LogP contribution is -2.20. The molecule has 3 N–H and O–H groups in total. The summed E-state index contributed by atoms with van der Waals surface area (Å²) in [5.74, 6) is 1.58. The summed E-state index contributed by atoms with van der Waals surface area (Å²) in [6.07, 6.45) is 4.69. The molecule has 0 unspecified atom stereocenters. The number of ether oxygens (including phenoxy) is 2. The molecule has 1 aliphatic heterocycles. The van der Waals surface area contributed by atoms with E-state index in [2.05, 4.69) is 16.4 Å². The lowest BCUT2D eigenvalue weighted by molar-refractivity contribution is 0.0997. The van der Waals surface area contributed by atoms with Gasteiger partial charge in [0.1, 0.15) is 22.8 Å². The number of aromatic nitrogens is 1. The first kappa shape index (κ1) is 18.7. The van der Waals surface area contributed by atoms with E-state index in [4.69, 9.17) is 15.2 Å². The maximum atomic E-state index is 12.0. The van der Waals surface area contributed by atoms with Crippen molar-refractivity contribution in [1.29, 1.82) is 0 Å². The lowest BCUT2D eigenvalue weighted by atomic mass is 10.0. The highest BCUT2D eigenvalue weighted by molar-refractivity contribution is 5.96. The second kappa shape index (κ2) is 8.58. The molecule has 1 aromatic heterocycles. The number of amides is 1. The van der Waals surface area contributed by atoms with Gasteiger partial charge < -0.3 is 20.5 Å². The molecule has 1 amide bonds. The molecular weight excluding hydrogens is 366 g/mol. The number of nitrogens with zero attached hydrogens (tertiary/aromatic N) is 1. The smallest absolute Gasteiger partial charge is 0.254 e. The van der Waals surface area contributed by atoms with Gasteiger partial charge in [-0.15, -0.1) is 0 Å². The van der Waals surface area contributed by atoms with Gasteiger partial charge in [0.15, 0.2) is 0 Å². The van der Waals surface area contributed by atoms with Crippen molar-refractivity contribution in [3.63, 3.8) is 0 Å². The fourth-order valence-electron chi connectivity index (χ4n) is 3.08. The lowest BCUT2D eigenvalue weighted by Gasteiger charge is -2.15. The van der Waals surface area contributed by atoms with Gasteiger partial charge in [0.25, 0.3) is 5.91 Å². The normalized spacial score (nSPS) is 13.4. The largest absolute Gasteiger partial charge is 0.457 e. The van der Waals surface area contributed by atoms with E-state index in [1.807, 2.05) is 30.3 Å². The number of benzene rings is 2. The maximum Gasteiger partial charge on any atom is 0.254 e. The zero-order chi connectivity index (χ0) is 20.1. The van der Waals surface area contributed by atoms with Crippen molar-refractivity contribution in [3.8, 4) is 23.1 Å². The van der Waals surface area contributed by atoms with E-state index in [1.54, 1.807) is 36.5 Å². The Morgan fingerprint density at radius 2 is 1.66 bits per heavy atom. The molecule has 4 rings (SSSR count). The SMILES string of the molecule is NC(=O)c1cc(C2=CCNCC2)cnc1Oc1ccc(Oc2ccccc2)cc1. The first-order chi connectivity index (χ1) is 14.2. The van der Waals surface area contributed by atoms with Crippen LogP contribution in [-0.4, -0.2) is 24.0 Å². The molecule has 2 aromatic carbocycles. The Hall–Kier alpha value is -3.64. The molecule has 1 aliphatic rings. The van der Waals surface area contributed by atoms with Crippen molar-refractivity contribution in [1.82, 2.24) is 10.3 Å². The van der Waals surface area contributed by atoms with Crippen LogP contribution in [0.15, 0.2) is 72.9 Å². The number of carbonyl (C=O) groups excluding carboxylic acids is 1. The first-order valence-electron chi connectivity index (χ1n) is 9.40. The van der Waals surface area contributed by atoms with Crippen molar-refractivity contribution < 1.29 is 14.3 Å². The molecule has 0 fully saturated rings. The second-order valence-corrected chi connectivity index (χ2v) is 6.61. The van der Waals surface area contributed by atoms with Crippen LogP contribution in [0.4, 0.5) is 0 Å². The second-order valence-electron chi connectivity index (χ2n) is 6.61. The summed E-state index contributed by atoms with van der Waals surface area (Å²) in [5, 5.41) is 3.26. The number of para-hydroxylation sites is 1. The number of hydrogen-bond acceptors (Lipinski definition) is 5. The van der Waals surface area contributed by atoms with Gasteiger partial charge in [-0.2, -0.15) is 0 Å². The third-order valence-electron chi connectivity index (χ3n) is 4.57. The molecule has 0 saturated carbocycles. The zero-order valence-electron chi connectivity index (χ0n) is 15.8. The minimum absolute atomic E-state index is 0.188. The highest BCUT2D eigenvalue weighted by Gasteiger charge is 2.16. The first-order valence-corrected chi connectivity index (χ1v) is 9.40. The Bertz CT molecular complexity index is 1030. The number of carbonyl (C=O) groups is 1. The average Bonchev–Trinajstić information content (AvgIpc) is 2.76. The Morgan fingerprint density at radius 1 is 0.966 bits per heavy atom. The van der Waals surface area contributed by atoms with Crippen LogP contribution in [0.2, 0.25) is 0 Å². The number of nitrogens with one attached hydrogen (secondary N) is 1. The quantitative estimate of drug-likeness (QED) is 0.664. The summed E-state index contributed by atoms with van der Waals surface area (Å²) >= 11 is 0. The van der Waals surface area contributed by atoms with E-state index in [9.17, 15) is 4.79 Å². The van der Waals surface area contributed by atoms with Gasteiger partial charge in [0.2, 0.25) is 5.88 Å². The molecule has 2 heterocycles. The van der Waals surface area contributed by atoms with Crippen molar-refractivity contribution in [2.24, 2.45) is 5.73 Å². The Morgan fingerprint density at radius 3 is 2.31 bits per heavy atom. The van der Waals surface area contributed by atoms with Crippen molar-refractivity contribution in [3.05, 3.63) is 84.1 Å². The third kappa shape index (κ3) is 4.62. The highest BCUT2D eigenvalue weighted by atomic mass is 16.5. The van der Waals surface area contributed by atoms with E-state index in [0.29, 0.717) is 11.5 Å². The zero-order valence-corrected chi connectivity index (χ0v) is 15.8. The van der Waals surface area contributed by atoms with Crippen molar-refractivity contribution in [2.75, 3.05) is 13.1 Å². The van der Waals surface area contributed by atoms with Crippen LogP contribution in [0.1, 0.15) is 22.3 Å². The fraction of sp³-hybridized carbons (Fsp3) is 0.130. The van der Waals surface area contributed by atoms with E-state index in [0.717, 1.165) is 36.4 Å². The molecule has 0 saturated heterocycles. The molecule has 29 heavy (non-hydrogen) atoms. The predicted molar refractivity (Wildman–Crippen MR) is 111 cm³/mol. The Labute approximate surface area is 169 Å². The van der Waals surface area contributed by atoms with E-state index in [1.165, 1.54) is 0 Å². The van der Waals surface area contributed by atoms with Gasteiger partial charge in [-0.3, -0.25) is 4.79 Å². The van der Waals surface area contributed by atoms with Crippen molar-refractivity contribution >= 4 is 11.5 Å². The molecule has 0 radical (unpaired) electrons.